The molecule has 1 amide bonds. The second-order valence-electron chi connectivity index (χ2n) is 6.72. The predicted octanol–water partition coefficient (Wildman–Crippen LogP) is 4.10. The zero-order valence-corrected chi connectivity index (χ0v) is 19.2. The molecule has 166 valence electrons. The van der Waals surface area contributed by atoms with Crippen LogP contribution < -0.4 is 10.2 Å². The Morgan fingerprint density at radius 3 is 2.61 bits per heavy atom. The summed E-state index contributed by atoms with van der Waals surface area (Å²) < 4.78 is 7.21. The van der Waals surface area contributed by atoms with Crippen LogP contribution in [0, 0.1) is 6.92 Å². The van der Waals surface area contributed by atoms with Crippen LogP contribution in [-0.2, 0) is 4.79 Å². The topological polar surface area (TPSA) is 98.5 Å². The van der Waals surface area contributed by atoms with Crippen molar-refractivity contribution in [1.82, 2.24) is 20.2 Å². The first-order valence-corrected chi connectivity index (χ1v) is 11.7. The van der Waals surface area contributed by atoms with E-state index < -0.39 is 5.97 Å². The van der Waals surface area contributed by atoms with E-state index in [2.05, 4.69) is 20.7 Å². The lowest BCUT2D eigenvalue weighted by atomic mass is 10.2. The van der Waals surface area contributed by atoms with Crippen molar-refractivity contribution in [3.8, 4) is 11.4 Å². The fraction of sp³-hybridized carbons (Fsp3) is 0.0870. The molecule has 0 saturated heterocycles. The van der Waals surface area contributed by atoms with Crippen LogP contribution in [-0.4, -0.2) is 38.6 Å². The smallest absolute Gasteiger partial charge is 0.353 e. The Morgan fingerprint density at radius 1 is 1.09 bits per heavy atom. The van der Waals surface area contributed by atoms with Gasteiger partial charge in [-0.3, -0.25) is 9.36 Å². The number of hydrazone groups is 1. The second kappa shape index (κ2) is 10.7. The van der Waals surface area contributed by atoms with Crippen molar-refractivity contribution in [2.45, 2.75) is 12.1 Å². The molecule has 2 heterocycles. The maximum atomic E-state index is 12.2. The molecule has 2 aromatic heterocycles. The van der Waals surface area contributed by atoms with Gasteiger partial charge < -0.3 is 4.74 Å². The number of nitrogens with zero attached hydrogens (tertiary/aromatic N) is 4. The Kier molecular flexibility index (Phi) is 7.28. The molecule has 8 nitrogen and oxygen atoms in total. The molecule has 4 rings (SSSR count). The monoisotopic (exact) mass is 477 g/mol. The first kappa shape index (κ1) is 22.4. The third-order valence-corrected chi connectivity index (χ3v) is 6.14. The predicted molar refractivity (Wildman–Crippen MR) is 128 cm³/mol. The highest BCUT2D eigenvalue weighted by Gasteiger charge is 2.13. The Balaban J connectivity index is 1.27. The molecule has 0 aliphatic carbocycles. The minimum Gasteiger partial charge on any atom is -0.422 e. The van der Waals surface area contributed by atoms with Crippen molar-refractivity contribution < 1.29 is 14.3 Å². The molecule has 0 radical (unpaired) electrons. The highest BCUT2D eigenvalue weighted by molar-refractivity contribution is 7.99. The lowest BCUT2D eigenvalue weighted by molar-refractivity contribution is -0.118. The lowest BCUT2D eigenvalue weighted by Crippen LogP contribution is -2.20. The highest BCUT2D eigenvalue weighted by Crippen LogP contribution is 2.21. The Labute approximate surface area is 198 Å². The van der Waals surface area contributed by atoms with E-state index in [0.29, 0.717) is 15.8 Å². The van der Waals surface area contributed by atoms with Gasteiger partial charge >= 0.3 is 5.97 Å². The van der Waals surface area contributed by atoms with Gasteiger partial charge in [0.15, 0.2) is 5.16 Å². The number of aromatic nitrogens is 3. The number of benzene rings is 2. The molecule has 1 N–H and O–H groups in total. The molecule has 2 aromatic carbocycles. The minimum atomic E-state index is -0.394. The zero-order chi connectivity index (χ0) is 23.0. The Morgan fingerprint density at radius 2 is 1.88 bits per heavy atom. The van der Waals surface area contributed by atoms with Crippen molar-refractivity contribution in [3.63, 3.8) is 0 Å². The first-order chi connectivity index (χ1) is 16.1. The molecule has 0 saturated carbocycles. The Bertz CT molecular complexity index is 1250. The summed E-state index contributed by atoms with van der Waals surface area (Å²) in [6.07, 6.45) is 1.52. The summed E-state index contributed by atoms with van der Waals surface area (Å²) in [4.78, 5) is 24.7. The van der Waals surface area contributed by atoms with Crippen molar-refractivity contribution in [2.24, 2.45) is 5.10 Å². The SMILES string of the molecule is Cc1nnc(SCC(=O)NN=Cc2ccc(OC(=O)c3cccs3)cc2)n1-c1ccccc1. The quantitative estimate of drug-likeness (QED) is 0.135. The molecule has 0 bridgehead atoms. The molecule has 33 heavy (non-hydrogen) atoms. The summed E-state index contributed by atoms with van der Waals surface area (Å²) in [5.74, 6) is 0.655. The van der Waals surface area contributed by atoms with Crippen molar-refractivity contribution >= 4 is 41.2 Å². The minimum absolute atomic E-state index is 0.139. The number of aryl methyl sites for hydroxylation is 1. The Hall–Kier alpha value is -3.76. The molecule has 0 aliphatic rings. The number of esters is 1. The number of nitrogens with one attached hydrogen (secondary N) is 1. The molecular formula is C23H19N5O3S2. The summed E-state index contributed by atoms with van der Waals surface area (Å²) in [5.41, 5.74) is 4.19. The number of thiophene rings is 1. The number of para-hydroxylation sites is 1. The summed E-state index contributed by atoms with van der Waals surface area (Å²) in [5, 5.41) is 14.7. The third kappa shape index (κ3) is 5.93. The molecule has 0 unspecified atom stereocenters. The maximum Gasteiger partial charge on any atom is 0.353 e. The van der Waals surface area contributed by atoms with Gasteiger partial charge in [0.05, 0.1) is 12.0 Å². The number of amides is 1. The number of ether oxygens (including phenoxy) is 1. The van der Waals surface area contributed by atoms with Crippen molar-refractivity contribution in [2.75, 3.05) is 5.75 Å². The van der Waals surface area contributed by atoms with Crippen LogP contribution in [0.4, 0.5) is 0 Å². The van der Waals surface area contributed by atoms with Crippen LogP contribution in [0.5, 0.6) is 5.75 Å². The van der Waals surface area contributed by atoms with Gasteiger partial charge in [-0.2, -0.15) is 5.10 Å². The van der Waals surface area contributed by atoms with Gasteiger partial charge in [-0.05, 0) is 60.3 Å². The van der Waals surface area contributed by atoms with Gasteiger partial charge in [-0.1, -0.05) is 36.0 Å². The van der Waals surface area contributed by atoms with Crippen molar-refractivity contribution in [3.05, 3.63) is 88.4 Å². The van der Waals surface area contributed by atoms with Crippen molar-refractivity contribution in [1.29, 1.82) is 0 Å². The van der Waals surface area contributed by atoms with Crippen LogP contribution in [0.2, 0.25) is 0 Å². The van der Waals surface area contributed by atoms with Crippen LogP contribution in [0.15, 0.2) is 82.4 Å². The number of hydrogen-bond acceptors (Lipinski definition) is 8. The number of hydrogen-bond donors (Lipinski definition) is 1. The van der Waals surface area contributed by atoms with Crippen LogP contribution in [0.3, 0.4) is 0 Å². The standard InChI is InChI=1S/C23H19N5O3S2/c1-16-25-27-23(28(16)18-6-3-2-4-7-18)33-15-21(29)26-24-14-17-9-11-19(12-10-17)31-22(30)20-8-5-13-32-20/h2-14H,15H2,1H3,(H,26,29). The lowest BCUT2D eigenvalue weighted by Gasteiger charge is -2.07. The van der Waals surface area contributed by atoms with Gasteiger partial charge in [0, 0.05) is 5.69 Å². The molecule has 10 heteroatoms. The van der Waals surface area contributed by atoms with E-state index in [0.717, 1.165) is 17.1 Å². The molecule has 4 aromatic rings. The van der Waals surface area contributed by atoms with Crippen LogP contribution in [0.25, 0.3) is 5.69 Å². The average Bonchev–Trinajstić information content (AvgIpc) is 3.50. The van der Waals surface area contributed by atoms with Crippen LogP contribution in [0.1, 0.15) is 21.1 Å². The zero-order valence-electron chi connectivity index (χ0n) is 17.5. The van der Waals surface area contributed by atoms with Gasteiger partial charge in [-0.15, -0.1) is 21.5 Å². The summed E-state index contributed by atoms with van der Waals surface area (Å²) in [6.45, 7) is 1.86. The first-order valence-electron chi connectivity index (χ1n) is 9.88. The molecule has 0 fully saturated rings. The normalized spacial score (nSPS) is 10.9. The third-order valence-electron chi connectivity index (χ3n) is 4.36. The van der Waals surface area contributed by atoms with E-state index in [-0.39, 0.29) is 11.7 Å². The van der Waals surface area contributed by atoms with Gasteiger partial charge in [0.2, 0.25) is 0 Å². The van der Waals surface area contributed by atoms with Gasteiger partial charge in [-0.25, -0.2) is 10.2 Å². The average molecular weight is 478 g/mol. The number of carbonyl (C=O) groups excluding carboxylic acids is 2. The van der Waals surface area contributed by atoms with E-state index >= 15 is 0 Å². The van der Waals surface area contributed by atoms with E-state index in [9.17, 15) is 9.59 Å². The molecule has 0 spiro atoms. The van der Waals surface area contributed by atoms with E-state index in [1.807, 2.05) is 47.2 Å². The molecule has 0 aliphatic heterocycles. The van der Waals surface area contributed by atoms with Gasteiger partial charge in [0.1, 0.15) is 16.5 Å². The summed E-state index contributed by atoms with van der Waals surface area (Å²) >= 11 is 2.60. The van der Waals surface area contributed by atoms with Crippen LogP contribution >= 0.6 is 23.1 Å². The summed E-state index contributed by atoms with van der Waals surface area (Å²) in [6, 6.07) is 20.1. The fourth-order valence-corrected chi connectivity index (χ4v) is 4.21. The molecular weight excluding hydrogens is 458 g/mol. The second-order valence-corrected chi connectivity index (χ2v) is 8.61. The highest BCUT2D eigenvalue weighted by atomic mass is 32.2. The largest absolute Gasteiger partial charge is 0.422 e. The van der Waals surface area contributed by atoms with E-state index in [1.165, 1.54) is 29.3 Å². The molecule has 0 atom stereocenters. The van der Waals surface area contributed by atoms with E-state index in [4.69, 9.17) is 4.74 Å². The number of rotatable bonds is 8. The summed E-state index contributed by atoms with van der Waals surface area (Å²) in [7, 11) is 0. The maximum absolute atomic E-state index is 12.2. The van der Waals surface area contributed by atoms with E-state index in [1.54, 1.807) is 36.4 Å². The number of thioether (sulfide) groups is 1. The fourth-order valence-electron chi connectivity index (χ4n) is 2.83. The van der Waals surface area contributed by atoms with Gasteiger partial charge in [0.25, 0.3) is 5.91 Å². The number of carbonyl (C=O) groups is 2.